The second-order valence-corrected chi connectivity index (χ2v) is 3.40. The second kappa shape index (κ2) is 7.21. The lowest BCUT2D eigenvalue weighted by Gasteiger charge is -2.07. The molecule has 4 N–H and O–H groups in total. The fourth-order valence-corrected chi connectivity index (χ4v) is 1.19. The van der Waals surface area contributed by atoms with E-state index >= 15 is 0 Å². The minimum atomic E-state index is 0.0435. The lowest BCUT2D eigenvalue weighted by molar-refractivity contribution is 0.0922. The molecule has 1 aromatic rings. The van der Waals surface area contributed by atoms with Crippen molar-refractivity contribution in [2.45, 2.75) is 6.42 Å². The number of nitrogen functional groups attached to an aromatic ring is 1. The van der Waals surface area contributed by atoms with Gasteiger partial charge in [0, 0.05) is 13.2 Å². The van der Waals surface area contributed by atoms with Crippen LogP contribution in [0, 0.1) is 0 Å². The maximum Gasteiger partial charge on any atom is 0.224 e. The van der Waals surface area contributed by atoms with Crippen molar-refractivity contribution in [3.63, 3.8) is 0 Å². The van der Waals surface area contributed by atoms with Crippen LogP contribution >= 0.6 is 11.6 Å². The molecule has 0 saturated carbocycles. The average molecular weight is 247 g/mol. The highest BCUT2D eigenvalue weighted by atomic mass is 35.5. The molecule has 16 heavy (non-hydrogen) atoms. The quantitative estimate of drug-likeness (QED) is 0.480. The van der Waals surface area contributed by atoms with Crippen molar-refractivity contribution < 1.29 is 9.84 Å². The van der Waals surface area contributed by atoms with Crippen molar-refractivity contribution >= 4 is 23.1 Å². The first-order chi connectivity index (χ1) is 7.74. The van der Waals surface area contributed by atoms with Gasteiger partial charge in [0.05, 0.1) is 25.1 Å². The molecule has 0 atom stereocenters. The number of nitrogens with zero attached hydrogens (tertiary/aromatic N) is 2. The summed E-state index contributed by atoms with van der Waals surface area (Å²) >= 11 is 5.63. The Morgan fingerprint density at radius 2 is 2.31 bits per heavy atom. The van der Waals surface area contributed by atoms with E-state index in [1.54, 1.807) is 0 Å². The highest BCUT2D eigenvalue weighted by molar-refractivity contribution is 6.28. The first-order valence-electron chi connectivity index (χ1n) is 4.94. The van der Waals surface area contributed by atoms with Crippen molar-refractivity contribution in [2.24, 2.45) is 0 Å². The Morgan fingerprint density at radius 1 is 1.50 bits per heavy atom. The van der Waals surface area contributed by atoms with E-state index in [-0.39, 0.29) is 11.9 Å². The summed E-state index contributed by atoms with van der Waals surface area (Å²) in [7, 11) is 0. The van der Waals surface area contributed by atoms with Crippen molar-refractivity contribution in [1.82, 2.24) is 9.97 Å². The minimum Gasteiger partial charge on any atom is -0.394 e. The van der Waals surface area contributed by atoms with Crippen molar-refractivity contribution in [1.29, 1.82) is 0 Å². The van der Waals surface area contributed by atoms with Crippen LogP contribution in [-0.4, -0.2) is 41.4 Å². The van der Waals surface area contributed by atoms with Crippen molar-refractivity contribution in [2.75, 3.05) is 37.4 Å². The second-order valence-electron chi connectivity index (χ2n) is 3.06. The van der Waals surface area contributed by atoms with Gasteiger partial charge in [-0.15, -0.1) is 0 Å². The largest absolute Gasteiger partial charge is 0.394 e. The molecule has 90 valence electrons. The van der Waals surface area contributed by atoms with E-state index < -0.39 is 0 Å². The minimum absolute atomic E-state index is 0.0435. The highest BCUT2D eigenvalue weighted by Crippen LogP contribution is 2.15. The topological polar surface area (TPSA) is 93.3 Å². The van der Waals surface area contributed by atoms with Gasteiger partial charge in [-0.2, -0.15) is 4.98 Å². The summed E-state index contributed by atoms with van der Waals surface area (Å²) in [6.07, 6.45) is 2.25. The molecule has 0 amide bonds. The van der Waals surface area contributed by atoms with Gasteiger partial charge in [-0.3, -0.25) is 0 Å². The van der Waals surface area contributed by atoms with Crippen LogP contribution in [0.3, 0.4) is 0 Å². The first kappa shape index (κ1) is 13.0. The van der Waals surface area contributed by atoms with Crippen LogP contribution in [0.4, 0.5) is 11.5 Å². The number of halogens is 1. The highest BCUT2D eigenvalue weighted by Gasteiger charge is 2.01. The average Bonchev–Trinajstić information content (AvgIpc) is 2.28. The van der Waals surface area contributed by atoms with Crippen LogP contribution in [0.5, 0.6) is 0 Å². The maximum atomic E-state index is 8.48. The fraction of sp³-hybridized carbons (Fsp3) is 0.556. The zero-order valence-corrected chi connectivity index (χ0v) is 9.57. The Kier molecular flexibility index (Phi) is 5.84. The van der Waals surface area contributed by atoms with Crippen molar-refractivity contribution in [3.05, 3.63) is 11.5 Å². The number of nitrogens with two attached hydrogens (primary N) is 1. The predicted octanol–water partition coefficient (Wildman–Crippen LogP) is 0.523. The summed E-state index contributed by atoms with van der Waals surface area (Å²) in [4.78, 5) is 7.69. The smallest absolute Gasteiger partial charge is 0.224 e. The van der Waals surface area contributed by atoms with Gasteiger partial charge in [-0.25, -0.2) is 4.98 Å². The summed E-state index contributed by atoms with van der Waals surface area (Å²) in [5.41, 5.74) is 6.10. The number of nitrogens with one attached hydrogen (secondary N) is 1. The number of rotatable bonds is 7. The predicted molar refractivity (Wildman–Crippen MR) is 62.5 cm³/mol. The number of aliphatic hydroxyl groups is 1. The molecule has 0 saturated heterocycles. The molecule has 0 aliphatic carbocycles. The lowest BCUT2D eigenvalue weighted by atomic mass is 10.4. The van der Waals surface area contributed by atoms with Gasteiger partial charge in [0.15, 0.2) is 5.82 Å². The SMILES string of the molecule is Nc1cnc(Cl)nc1NCCCOCCO. The van der Waals surface area contributed by atoms with Gasteiger partial charge < -0.3 is 20.9 Å². The Balaban J connectivity index is 2.23. The van der Waals surface area contributed by atoms with E-state index in [1.807, 2.05) is 0 Å². The molecule has 0 aliphatic heterocycles. The maximum absolute atomic E-state index is 8.48. The number of hydrogen-bond acceptors (Lipinski definition) is 6. The zero-order chi connectivity index (χ0) is 11.8. The molecule has 7 heteroatoms. The third-order valence-corrected chi connectivity index (χ3v) is 1.96. The van der Waals surface area contributed by atoms with Gasteiger partial charge >= 0.3 is 0 Å². The van der Waals surface area contributed by atoms with Crippen LogP contribution in [0.2, 0.25) is 5.28 Å². The molecule has 0 fully saturated rings. The molecular weight excluding hydrogens is 232 g/mol. The van der Waals surface area contributed by atoms with Gasteiger partial charge in [-0.05, 0) is 18.0 Å². The molecular formula is C9H15ClN4O2. The molecule has 0 radical (unpaired) electrons. The van der Waals surface area contributed by atoms with Crippen molar-refractivity contribution in [3.8, 4) is 0 Å². The molecule has 1 heterocycles. The standard InChI is InChI=1S/C9H15ClN4O2/c10-9-13-6-7(11)8(14-9)12-2-1-4-16-5-3-15/h6,15H,1-5,11H2,(H,12,13,14). The van der Waals surface area contributed by atoms with Crippen LogP contribution in [0.15, 0.2) is 6.20 Å². The summed E-state index contributed by atoms with van der Waals surface area (Å²) in [5, 5.41) is 11.7. The molecule has 0 bridgehead atoms. The van der Waals surface area contributed by atoms with Gasteiger partial charge in [0.2, 0.25) is 5.28 Å². The van der Waals surface area contributed by atoms with Crippen LogP contribution in [0.25, 0.3) is 0 Å². The monoisotopic (exact) mass is 246 g/mol. The molecule has 0 spiro atoms. The van der Waals surface area contributed by atoms with E-state index in [2.05, 4.69) is 15.3 Å². The summed E-state index contributed by atoms with van der Waals surface area (Å²) in [6.45, 7) is 1.65. The third kappa shape index (κ3) is 4.61. The molecule has 0 aromatic carbocycles. The normalized spacial score (nSPS) is 10.4. The van der Waals surface area contributed by atoms with Crippen LogP contribution in [-0.2, 0) is 4.74 Å². The number of anilines is 2. The van der Waals surface area contributed by atoms with E-state index in [0.29, 0.717) is 31.3 Å². The third-order valence-electron chi connectivity index (χ3n) is 1.78. The fourth-order valence-electron chi connectivity index (χ4n) is 1.06. The Morgan fingerprint density at radius 3 is 3.06 bits per heavy atom. The Hall–Kier alpha value is -1.11. The lowest BCUT2D eigenvalue weighted by Crippen LogP contribution is -2.10. The van der Waals surface area contributed by atoms with E-state index in [1.165, 1.54) is 6.20 Å². The van der Waals surface area contributed by atoms with Gasteiger partial charge in [-0.1, -0.05) is 0 Å². The molecule has 1 aromatic heterocycles. The van der Waals surface area contributed by atoms with E-state index in [0.717, 1.165) is 6.42 Å². The summed E-state index contributed by atoms with van der Waals surface area (Å²) in [6, 6.07) is 0. The molecule has 6 nitrogen and oxygen atoms in total. The molecule has 1 rings (SSSR count). The summed E-state index contributed by atoms with van der Waals surface area (Å²) < 4.78 is 5.09. The first-order valence-corrected chi connectivity index (χ1v) is 5.32. The zero-order valence-electron chi connectivity index (χ0n) is 8.82. The van der Waals surface area contributed by atoms with Gasteiger partial charge in [0.1, 0.15) is 0 Å². The molecule has 0 unspecified atom stereocenters. The van der Waals surface area contributed by atoms with Crippen LogP contribution in [0.1, 0.15) is 6.42 Å². The van der Waals surface area contributed by atoms with E-state index in [4.69, 9.17) is 27.2 Å². The number of aromatic nitrogens is 2. The number of ether oxygens (including phenoxy) is 1. The van der Waals surface area contributed by atoms with E-state index in [9.17, 15) is 0 Å². The Bertz CT molecular complexity index is 324. The number of hydrogen-bond donors (Lipinski definition) is 3. The van der Waals surface area contributed by atoms with Crippen LogP contribution < -0.4 is 11.1 Å². The van der Waals surface area contributed by atoms with Gasteiger partial charge in [0.25, 0.3) is 0 Å². The summed E-state index contributed by atoms with van der Waals surface area (Å²) in [5.74, 6) is 0.530. The molecule has 0 aliphatic rings. The Labute approximate surface area is 98.8 Å². The number of aliphatic hydroxyl groups excluding tert-OH is 1.